The van der Waals surface area contributed by atoms with Crippen LogP contribution >= 0.6 is 0 Å². The summed E-state index contributed by atoms with van der Waals surface area (Å²) in [5, 5.41) is 0. The Hall–Kier alpha value is -1.94. The molecule has 1 aromatic rings. The van der Waals surface area contributed by atoms with Crippen LogP contribution in [0.3, 0.4) is 0 Å². The fourth-order valence-electron chi connectivity index (χ4n) is 12.1. The van der Waals surface area contributed by atoms with Crippen LogP contribution in [-0.4, -0.2) is 24.4 Å². The second kappa shape index (κ2) is 9.03. The van der Waals surface area contributed by atoms with E-state index in [4.69, 9.17) is 10.5 Å². The minimum Gasteiger partial charge on any atom is -0.465 e. The van der Waals surface area contributed by atoms with Crippen molar-refractivity contribution in [3.8, 4) is 0 Å². The van der Waals surface area contributed by atoms with Crippen LogP contribution in [0.2, 0.25) is 0 Å². The summed E-state index contributed by atoms with van der Waals surface area (Å²) in [6.07, 6.45) is 12.9. The van der Waals surface area contributed by atoms with Crippen molar-refractivity contribution in [3.05, 3.63) is 41.5 Å². The number of hydrogen-bond donors (Lipinski definition) is 1. The molecule has 1 aromatic carbocycles. The van der Waals surface area contributed by atoms with Crippen LogP contribution < -0.4 is 5.73 Å². The maximum atomic E-state index is 12.8. The van der Waals surface area contributed by atoms with Gasteiger partial charge >= 0.3 is 5.97 Å². The van der Waals surface area contributed by atoms with E-state index >= 15 is 0 Å². The van der Waals surface area contributed by atoms with Crippen molar-refractivity contribution in [1.29, 1.82) is 0 Å². The second-order valence-electron chi connectivity index (χ2n) is 15.8. The van der Waals surface area contributed by atoms with Gasteiger partial charge in [-0.25, -0.2) is 4.79 Å². The summed E-state index contributed by atoms with van der Waals surface area (Å²) in [6, 6.07) is 8.03. The number of fused-ring (bicyclic) bond motifs is 7. The molecule has 2 N–H and O–H groups in total. The number of ketones is 1. The Morgan fingerprint density at radius 3 is 2.20 bits per heavy atom. The highest BCUT2D eigenvalue weighted by molar-refractivity contribution is 5.90. The molecule has 5 aliphatic rings. The maximum absolute atomic E-state index is 12.8. The van der Waals surface area contributed by atoms with E-state index in [0.29, 0.717) is 35.0 Å². The predicted octanol–water partition coefficient (Wildman–Crippen LogP) is 7.85. The monoisotopic (exact) mass is 545 g/mol. The van der Waals surface area contributed by atoms with Crippen LogP contribution in [-0.2, 0) is 9.53 Å². The first-order valence-electron chi connectivity index (χ1n) is 15.9. The third kappa shape index (κ3) is 3.59. The molecule has 0 radical (unpaired) electrons. The molecule has 0 aromatic heterocycles. The van der Waals surface area contributed by atoms with E-state index in [1.807, 2.05) is 19.1 Å². The summed E-state index contributed by atoms with van der Waals surface area (Å²) in [5.41, 5.74) is 11.1. The Labute approximate surface area is 241 Å². The van der Waals surface area contributed by atoms with E-state index in [1.165, 1.54) is 50.4 Å². The highest BCUT2D eigenvalue weighted by atomic mass is 16.5. The zero-order valence-corrected chi connectivity index (χ0v) is 25.9. The Kier molecular flexibility index (Phi) is 6.36. The Balaban J connectivity index is 1.34. The number of ether oxygens (including phenoxy) is 1. The molecule has 4 fully saturated rings. The lowest BCUT2D eigenvalue weighted by Gasteiger charge is -2.72. The highest BCUT2D eigenvalue weighted by Gasteiger charge is 2.70. The molecule has 5 aliphatic carbocycles. The van der Waals surface area contributed by atoms with Gasteiger partial charge in [-0.15, -0.1) is 0 Å². The SMILES string of the molecule is COC(=O)c1ccc(C2=CC[C@]3(C)[C@H]4CC[C@@H]5[C@H]6[C@H](C(C)=O)CC[C@]6(N)CC[C@@]5(C)[C@]4(C)CC[C@H]3C2(C)C)cc1. The van der Waals surface area contributed by atoms with Gasteiger partial charge in [-0.1, -0.05) is 52.8 Å². The number of hydrogen-bond acceptors (Lipinski definition) is 4. The van der Waals surface area contributed by atoms with E-state index in [-0.39, 0.29) is 39.1 Å². The second-order valence-corrected chi connectivity index (χ2v) is 15.8. The largest absolute Gasteiger partial charge is 0.465 e. The molecule has 9 atom stereocenters. The molecule has 0 saturated heterocycles. The van der Waals surface area contributed by atoms with Crippen molar-refractivity contribution in [2.45, 2.75) is 105 Å². The predicted molar refractivity (Wildman–Crippen MR) is 160 cm³/mol. The van der Waals surface area contributed by atoms with Crippen LogP contribution in [0.4, 0.5) is 0 Å². The fourth-order valence-corrected chi connectivity index (χ4v) is 12.1. The minimum atomic E-state index is -0.284. The summed E-state index contributed by atoms with van der Waals surface area (Å²) < 4.78 is 4.92. The minimum absolute atomic E-state index is 0.0447. The Bertz CT molecular complexity index is 1250. The molecule has 4 nitrogen and oxygen atoms in total. The maximum Gasteiger partial charge on any atom is 0.337 e. The fraction of sp³-hybridized carbons (Fsp3) is 0.722. The average Bonchev–Trinajstić information content (AvgIpc) is 3.26. The number of nitrogens with two attached hydrogens (primary N) is 1. The first-order valence-corrected chi connectivity index (χ1v) is 15.9. The lowest BCUT2D eigenvalue weighted by molar-refractivity contribution is -0.218. The molecule has 4 saturated carbocycles. The number of Topliss-reactive ketones (excluding diaryl/α,β-unsaturated/α-hetero) is 1. The summed E-state index contributed by atoms with van der Waals surface area (Å²) in [4.78, 5) is 24.8. The third-order valence-corrected chi connectivity index (χ3v) is 14.2. The normalized spacial score (nSPS) is 45.3. The zero-order valence-electron chi connectivity index (χ0n) is 25.9. The van der Waals surface area contributed by atoms with Crippen molar-refractivity contribution in [2.24, 2.45) is 57.0 Å². The molecule has 0 aliphatic heterocycles. The van der Waals surface area contributed by atoms with E-state index in [9.17, 15) is 9.59 Å². The van der Waals surface area contributed by atoms with Crippen molar-refractivity contribution < 1.29 is 14.3 Å². The molecule has 40 heavy (non-hydrogen) atoms. The molecule has 0 unspecified atom stereocenters. The van der Waals surface area contributed by atoms with Gasteiger partial charge in [-0.05, 0) is 133 Å². The van der Waals surface area contributed by atoms with Crippen LogP contribution in [0, 0.1) is 51.2 Å². The van der Waals surface area contributed by atoms with E-state index in [0.717, 1.165) is 25.7 Å². The van der Waals surface area contributed by atoms with Gasteiger partial charge < -0.3 is 10.5 Å². The standard InChI is InChI=1S/C36H51NO3/c1-22(38)25-14-19-36(37)21-20-34(5)27(30(25)36)12-13-29-33(4)17-15-26(23-8-10-24(11-9-23)31(39)40-7)32(2,3)28(33)16-18-35(29,34)6/h8-11,15,25,27-30H,12-14,16-21,37H2,1-7H3/t25-,27+,28-,29+,30+,33-,34+,35+,36-/m0/s1. The molecular weight excluding hydrogens is 494 g/mol. The summed E-state index contributed by atoms with van der Waals surface area (Å²) in [5.74, 6) is 2.43. The average molecular weight is 546 g/mol. The number of rotatable bonds is 3. The number of allylic oxidation sites excluding steroid dienone is 2. The molecular formula is C36H51NO3. The van der Waals surface area contributed by atoms with Gasteiger partial charge in [0.05, 0.1) is 12.7 Å². The first-order chi connectivity index (χ1) is 18.7. The summed E-state index contributed by atoms with van der Waals surface area (Å²) in [6.45, 7) is 14.6. The zero-order chi connectivity index (χ0) is 28.9. The van der Waals surface area contributed by atoms with Crippen LogP contribution in [0.15, 0.2) is 30.3 Å². The van der Waals surface area contributed by atoms with E-state index in [1.54, 1.807) is 0 Å². The first kappa shape index (κ1) is 28.2. The van der Waals surface area contributed by atoms with Gasteiger partial charge in [0.2, 0.25) is 0 Å². The van der Waals surface area contributed by atoms with Gasteiger partial charge in [0.15, 0.2) is 0 Å². The molecule has 0 amide bonds. The Morgan fingerprint density at radius 1 is 0.850 bits per heavy atom. The molecule has 6 rings (SSSR count). The lowest BCUT2D eigenvalue weighted by Crippen LogP contribution is -2.67. The van der Waals surface area contributed by atoms with Gasteiger partial charge in [-0.2, -0.15) is 0 Å². The lowest BCUT2D eigenvalue weighted by atomic mass is 9.33. The van der Waals surface area contributed by atoms with E-state index < -0.39 is 0 Å². The van der Waals surface area contributed by atoms with Crippen molar-refractivity contribution in [3.63, 3.8) is 0 Å². The van der Waals surface area contributed by atoms with Crippen LogP contribution in [0.25, 0.3) is 5.57 Å². The summed E-state index contributed by atoms with van der Waals surface area (Å²) in [7, 11) is 1.43. The van der Waals surface area contributed by atoms with Gasteiger partial charge in [0.25, 0.3) is 0 Å². The number of benzene rings is 1. The van der Waals surface area contributed by atoms with Gasteiger partial charge in [0.1, 0.15) is 5.78 Å². The van der Waals surface area contributed by atoms with Crippen LogP contribution in [0.5, 0.6) is 0 Å². The summed E-state index contributed by atoms with van der Waals surface area (Å²) >= 11 is 0. The quantitative estimate of drug-likeness (QED) is 0.393. The van der Waals surface area contributed by atoms with Crippen molar-refractivity contribution in [2.75, 3.05) is 7.11 Å². The highest BCUT2D eigenvalue weighted by Crippen LogP contribution is 2.76. The topological polar surface area (TPSA) is 69.4 Å². The van der Waals surface area contributed by atoms with Gasteiger partial charge in [0, 0.05) is 11.5 Å². The molecule has 0 heterocycles. The molecule has 218 valence electrons. The van der Waals surface area contributed by atoms with Crippen molar-refractivity contribution in [1.82, 2.24) is 0 Å². The Morgan fingerprint density at radius 2 is 1.55 bits per heavy atom. The molecule has 4 heteroatoms. The number of esters is 1. The molecule has 0 spiro atoms. The van der Waals surface area contributed by atoms with E-state index in [2.05, 4.69) is 52.8 Å². The smallest absolute Gasteiger partial charge is 0.337 e. The number of carbonyl (C=O) groups excluding carboxylic acids is 2. The third-order valence-electron chi connectivity index (χ3n) is 14.2. The molecule has 0 bridgehead atoms. The van der Waals surface area contributed by atoms with Crippen LogP contribution in [0.1, 0.15) is 115 Å². The van der Waals surface area contributed by atoms with Crippen molar-refractivity contribution >= 4 is 17.3 Å². The number of methoxy groups -OCH3 is 1. The van der Waals surface area contributed by atoms with Gasteiger partial charge in [-0.3, -0.25) is 4.79 Å². The number of carbonyl (C=O) groups is 2.